The standard InChI is InChI=1S/C29H35N3O5S2/c1-18(2)11-22-15-37-27-14-26(28-19(3)7-5-8-20(28)4)30-29(31-27)32-39(35,36)24-10-6-9-21(12-24)13-25(22)23-16-38(33,34)17-23/h5-10,12,14,18,22-23,25H,11,13,15-17H2,1-4H3,(H,30,31,32)/t22-,25?/m1/s1. The lowest BCUT2D eigenvalue weighted by molar-refractivity contribution is 0.133. The largest absolute Gasteiger partial charge is 0.477 e. The van der Waals surface area contributed by atoms with Crippen molar-refractivity contribution in [3.05, 3.63) is 65.2 Å². The lowest BCUT2D eigenvalue weighted by atomic mass is 9.75. The molecule has 1 N–H and O–H groups in total. The van der Waals surface area contributed by atoms with Crippen LogP contribution in [0.3, 0.4) is 0 Å². The summed E-state index contributed by atoms with van der Waals surface area (Å²) in [4.78, 5) is 9.14. The molecule has 2 aromatic carbocycles. The number of fused-ring (bicyclic) bond motifs is 4. The number of sulfonamides is 1. The summed E-state index contributed by atoms with van der Waals surface area (Å²) >= 11 is 0. The van der Waals surface area contributed by atoms with Crippen molar-refractivity contribution in [3.63, 3.8) is 0 Å². The van der Waals surface area contributed by atoms with Gasteiger partial charge in [0.1, 0.15) is 0 Å². The predicted molar refractivity (Wildman–Crippen MR) is 152 cm³/mol. The molecule has 5 rings (SSSR count). The fourth-order valence-electron chi connectivity index (χ4n) is 5.92. The van der Waals surface area contributed by atoms with Crippen LogP contribution in [0.2, 0.25) is 0 Å². The van der Waals surface area contributed by atoms with Gasteiger partial charge in [-0.3, -0.25) is 0 Å². The molecule has 2 aliphatic rings. The maximum absolute atomic E-state index is 13.4. The number of ether oxygens (including phenoxy) is 1. The SMILES string of the molecule is Cc1cccc(C)c1-c1cc2nc(n1)NS(=O)(=O)c1cccc(c1)CC(C1CS(=O)(=O)C1)[C@H](CC(C)C)CO2. The minimum atomic E-state index is -3.98. The Balaban J connectivity index is 1.64. The van der Waals surface area contributed by atoms with Crippen molar-refractivity contribution in [2.45, 2.75) is 45.4 Å². The van der Waals surface area contributed by atoms with Crippen molar-refractivity contribution in [1.29, 1.82) is 0 Å². The molecule has 10 heteroatoms. The third-order valence-electron chi connectivity index (χ3n) is 7.71. The minimum Gasteiger partial charge on any atom is -0.477 e. The first kappa shape index (κ1) is 27.6. The van der Waals surface area contributed by atoms with Gasteiger partial charge < -0.3 is 4.74 Å². The van der Waals surface area contributed by atoms with Gasteiger partial charge in [0, 0.05) is 11.6 Å². The van der Waals surface area contributed by atoms with Crippen LogP contribution in [0.4, 0.5) is 5.95 Å². The first-order valence-corrected chi connectivity index (χ1v) is 16.6. The van der Waals surface area contributed by atoms with E-state index in [1.807, 2.05) is 38.1 Å². The Morgan fingerprint density at radius 1 is 0.974 bits per heavy atom. The van der Waals surface area contributed by atoms with Crippen molar-refractivity contribution in [2.24, 2.45) is 23.7 Å². The van der Waals surface area contributed by atoms with E-state index in [2.05, 4.69) is 28.5 Å². The summed E-state index contributed by atoms with van der Waals surface area (Å²) in [6, 6.07) is 14.5. The molecule has 39 heavy (non-hydrogen) atoms. The molecule has 0 spiro atoms. The molecule has 2 aliphatic heterocycles. The molecule has 1 unspecified atom stereocenters. The van der Waals surface area contributed by atoms with E-state index in [0.717, 1.165) is 28.7 Å². The molecule has 8 nitrogen and oxygen atoms in total. The van der Waals surface area contributed by atoms with E-state index in [1.54, 1.807) is 24.3 Å². The molecule has 2 atom stereocenters. The fraction of sp³-hybridized carbons (Fsp3) is 0.448. The van der Waals surface area contributed by atoms with E-state index in [9.17, 15) is 16.8 Å². The van der Waals surface area contributed by atoms with E-state index in [-0.39, 0.29) is 46.0 Å². The molecule has 0 radical (unpaired) electrons. The van der Waals surface area contributed by atoms with Crippen molar-refractivity contribution >= 4 is 25.8 Å². The summed E-state index contributed by atoms with van der Waals surface area (Å²) in [6.07, 6.45) is 1.42. The highest BCUT2D eigenvalue weighted by atomic mass is 32.2. The monoisotopic (exact) mass is 569 g/mol. The predicted octanol–water partition coefficient (Wildman–Crippen LogP) is 4.82. The van der Waals surface area contributed by atoms with Crippen LogP contribution in [-0.4, -0.2) is 44.9 Å². The van der Waals surface area contributed by atoms with Gasteiger partial charge in [-0.15, -0.1) is 0 Å². The zero-order valence-corrected chi connectivity index (χ0v) is 24.3. The lowest BCUT2D eigenvalue weighted by Crippen LogP contribution is -2.45. The summed E-state index contributed by atoms with van der Waals surface area (Å²) in [5.41, 5.74) is 4.32. The number of benzene rings is 2. The third-order valence-corrected chi connectivity index (χ3v) is 10.9. The molecule has 1 aromatic heterocycles. The Labute approximate surface area is 231 Å². The number of hydrogen-bond donors (Lipinski definition) is 1. The van der Waals surface area contributed by atoms with E-state index >= 15 is 0 Å². The summed E-state index contributed by atoms with van der Waals surface area (Å²) in [7, 11) is -7.02. The molecule has 3 heterocycles. The van der Waals surface area contributed by atoms with Crippen LogP contribution in [0.1, 0.15) is 37.0 Å². The van der Waals surface area contributed by atoms with Crippen molar-refractivity contribution < 1.29 is 21.6 Å². The van der Waals surface area contributed by atoms with Crippen LogP contribution < -0.4 is 9.46 Å². The Bertz CT molecular complexity index is 1570. The second-order valence-corrected chi connectivity index (χ2v) is 15.2. The molecule has 0 saturated carbocycles. The van der Waals surface area contributed by atoms with Gasteiger partial charge in [-0.25, -0.2) is 26.5 Å². The van der Waals surface area contributed by atoms with Crippen LogP contribution >= 0.6 is 0 Å². The van der Waals surface area contributed by atoms with Gasteiger partial charge in [-0.05, 0) is 79.2 Å². The average Bonchev–Trinajstić information content (AvgIpc) is 2.83. The molecule has 1 saturated heterocycles. The number of anilines is 1. The van der Waals surface area contributed by atoms with E-state index < -0.39 is 19.9 Å². The average molecular weight is 570 g/mol. The summed E-state index contributed by atoms with van der Waals surface area (Å²) < 4.78 is 60.0. The van der Waals surface area contributed by atoms with E-state index in [1.165, 1.54) is 0 Å². The normalized spacial score (nSPS) is 22.4. The van der Waals surface area contributed by atoms with Gasteiger partial charge in [0.25, 0.3) is 10.0 Å². The fourth-order valence-corrected chi connectivity index (χ4v) is 8.63. The summed E-state index contributed by atoms with van der Waals surface area (Å²) in [6.45, 7) is 8.61. The molecule has 1 fully saturated rings. The number of rotatable bonds is 4. The van der Waals surface area contributed by atoms with Gasteiger partial charge in [0.2, 0.25) is 11.8 Å². The number of sulfone groups is 1. The number of nitrogens with zero attached hydrogens (tertiary/aromatic N) is 2. The smallest absolute Gasteiger partial charge is 0.264 e. The molecular formula is C29H35N3O5S2. The number of nitrogens with one attached hydrogen (secondary N) is 1. The van der Waals surface area contributed by atoms with Gasteiger partial charge >= 0.3 is 0 Å². The third kappa shape index (κ3) is 6.11. The number of aromatic nitrogens is 2. The molecule has 208 valence electrons. The minimum absolute atomic E-state index is 0.00277. The Kier molecular flexibility index (Phi) is 7.45. The Morgan fingerprint density at radius 2 is 1.67 bits per heavy atom. The molecule has 0 amide bonds. The maximum Gasteiger partial charge on any atom is 0.264 e. The molecule has 3 aromatic rings. The van der Waals surface area contributed by atoms with Crippen LogP contribution in [0.15, 0.2) is 53.4 Å². The highest BCUT2D eigenvalue weighted by molar-refractivity contribution is 7.93. The van der Waals surface area contributed by atoms with E-state index in [4.69, 9.17) is 4.74 Å². The van der Waals surface area contributed by atoms with Gasteiger partial charge in [-0.1, -0.05) is 44.2 Å². The zero-order valence-electron chi connectivity index (χ0n) is 22.7. The van der Waals surface area contributed by atoms with Gasteiger partial charge in [0.15, 0.2) is 9.84 Å². The van der Waals surface area contributed by atoms with Gasteiger partial charge in [-0.2, -0.15) is 4.98 Å². The van der Waals surface area contributed by atoms with Crippen LogP contribution in [-0.2, 0) is 26.3 Å². The topological polar surface area (TPSA) is 115 Å². The summed E-state index contributed by atoms with van der Waals surface area (Å²) in [5, 5.41) is 0. The van der Waals surface area contributed by atoms with Crippen LogP contribution in [0.5, 0.6) is 5.88 Å². The number of aryl methyl sites for hydroxylation is 2. The maximum atomic E-state index is 13.4. The molecular weight excluding hydrogens is 534 g/mol. The Morgan fingerprint density at radius 3 is 2.33 bits per heavy atom. The van der Waals surface area contributed by atoms with Crippen molar-refractivity contribution in [3.8, 4) is 17.1 Å². The second-order valence-electron chi connectivity index (χ2n) is 11.3. The first-order chi connectivity index (χ1) is 18.4. The Hall–Kier alpha value is -2.98. The molecule has 4 bridgehead atoms. The summed E-state index contributed by atoms with van der Waals surface area (Å²) in [5.74, 6) is 0.964. The zero-order chi connectivity index (χ0) is 27.9. The highest BCUT2D eigenvalue weighted by Crippen LogP contribution is 2.38. The highest BCUT2D eigenvalue weighted by Gasteiger charge is 2.42. The van der Waals surface area contributed by atoms with Crippen molar-refractivity contribution in [1.82, 2.24) is 9.97 Å². The first-order valence-electron chi connectivity index (χ1n) is 13.3. The van der Waals surface area contributed by atoms with Crippen molar-refractivity contribution in [2.75, 3.05) is 22.8 Å². The lowest BCUT2D eigenvalue weighted by Gasteiger charge is -2.39. The van der Waals surface area contributed by atoms with Crippen LogP contribution in [0.25, 0.3) is 11.3 Å². The van der Waals surface area contributed by atoms with E-state index in [0.29, 0.717) is 24.6 Å². The molecule has 0 aliphatic carbocycles. The second kappa shape index (κ2) is 10.5. The van der Waals surface area contributed by atoms with Gasteiger partial charge in [0.05, 0.1) is 28.7 Å². The van der Waals surface area contributed by atoms with Crippen LogP contribution in [0, 0.1) is 37.5 Å². The number of hydrogen-bond acceptors (Lipinski definition) is 7. The quantitative estimate of drug-likeness (QED) is 0.479.